The normalized spacial score (nSPS) is 12.7. The third kappa shape index (κ3) is 3.05. The number of halogens is 2. The molecule has 0 amide bonds. The van der Waals surface area contributed by atoms with Crippen molar-refractivity contribution in [3.63, 3.8) is 0 Å². The molecule has 4 heteroatoms. The maximum absolute atomic E-state index is 5.68. The van der Waals surface area contributed by atoms with Crippen molar-refractivity contribution in [2.45, 2.75) is 19.9 Å². The highest BCUT2D eigenvalue weighted by atomic mass is 79.9. The average Bonchev–Trinajstić information content (AvgIpc) is 2.76. The summed E-state index contributed by atoms with van der Waals surface area (Å²) in [5, 5.41) is 3.45. The SMILES string of the molecule is CCNC(c1ccc(Br)o1)c1cc(C)ccc1Br. The van der Waals surface area contributed by atoms with Gasteiger partial charge >= 0.3 is 0 Å². The highest BCUT2D eigenvalue weighted by molar-refractivity contribution is 9.10. The van der Waals surface area contributed by atoms with Gasteiger partial charge in [0.05, 0.1) is 6.04 Å². The van der Waals surface area contributed by atoms with Crippen LogP contribution in [0, 0.1) is 6.92 Å². The van der Waals surface area contributed by atoms with Crippen LogP contribution in [0.1, 0.15) is 29.9 Å². The van der Waals surface area contributed by atoms with Gasteiger partial charge in [-0.1, -0.05) is 40.5 Å². The minimum absolute atomic E-state index is 0.0653. The second-order valence-electron chi connectivity index (χ2n) is 4.16. The van der Waals surface area contributed by atoms with E-state index in [1.165, 1.54) is 11.1 Å². The maximum Gasteiger partial charge on any atom is 0.169 e. The van der Waals surface area contributed by atoms with Crippen LogP contribution in [0.2, 0.25) is 0 Å². The molecular weight excluding hydrogens is 358 g/mol. The molecule has 96 valence electrons. The van der Waals surface area contributed by atoms with Gasteiger partial charge in [-0.05, 0) is 53.2 Å². The monoisotopic (exact) mass is 371 g/mol. The van der Waals surface area contributed by atoms with Crippen LogP contribution in [0.25, 0.3) is 0 Å². The minimum atomic E-state index is 0.0653. The molecule has 2 aromatic rings. The summed E-state index contributed by atoms with van der Waals surface area (Å²) >= 11 is 6.96. The van der Waals surface area contributed by atoms with E-state index in [-0.39, 0.29) is 6.04 Å². The lowest BCUT2D eigenvalue weighted by Crippen LogP contribution is -2.22. The van der Waals surface area contributed by atoms with E-state index in [0.29, 0.717) is 0 Å². The van der Waals surface area contributed by atoms with Gasteiger partial charge in [-0.15, -0.1) is 0 Å². The van der Waals surface area contributed by atoms with E-state index >= 15 is 0 Å². The summed E-state index contributed by atoms with van der Waals surface area (Å²) in [4.78, 5) is 0. The average molecular weight is 373 g/mol. The van der Waals surface area contributed by atoms with Crippen molar-refractivity contribution in [1.29, 1.82) is 0 Å². The van der Waals surface area contributed by atoms with Crippen molar-refractivity contribution >= 4 is 31.9 Å². The Balaban J connectivity index is 2.44. The number of rotatable bonds is 4. The third-order valence-electron chi connectivity index (χ3n) is 2.75. The van der Waals surface area contributed by atoms with E-state index in [0.717, 1.165) is 21.4 Å². The van der Waals surface area contributed by atoms with Gasteiger partial charge in [0.1, 0.15) is 5.76 Å². The van der Waals surface area contributed by atoms with Gasteiger partial charge in [0, 0.05) is 4.47 Å². The first-order valence-electron chi connectivity index (χ1n) is 5.86. The molecule has 1 aromatic heterocycles. The van der Waals surface area contributed by atoms with Gasteiger partial charge in [-0.3, -0.25) is 0 Å². The molecule has 1 heterocycles. The zero-order valence-corrected chi connectivity index (χ0v) is 13.5. The molecule has 0 fully saturated rings. The Hall–Kier alpha value is -0.580. The lowest BCUT2D eigenvalue weighted by atomic mass is 10.0. The molecule has 0 aliphatic rings. The number of benzene rings is 1. The van der Waals surface area contributed by atoms with E-state index in [2.05, 4.69) is 69.2 Å². The number of aryl methyl sites for hydroxylation is 1. The molecule has 1 aromatic carbocycles. The molecule has 0 bridgehead atoms. The van der Waals surface area contributed by atoms with Crippen LogP contribution in [-0.4, -0.2) is 6.54 Å². The second kappa shape index (κ2) is 6.04. The minimum Gasteiger partial charge on any atom is -0.452 e. The predicted octanol–water partition coefficient (Wildman–Crippen LogP) is 4.81. The molecule has 0 saturated carbocycles. The highest BCUT2D eigenvalue weighted by Gasteiger charge is 2.19. The molecule has 1 N–H and O–H groups in total. The molecule has 1 unspecified atom stereocenters. The summed E-state index contributed by atoms with van der Waals surface area (Å²) in [6, 6.07) is 10.3. The zero-order chi connectivity index (χ0) is 13.1. The number of hydrogen-bond donors (Lipinski definition) is 1. The maximum atomic E-state index is 5.68. The first kappa shape index (κ1) is 13.8. The third-order valence-corrected chi connectivity index (χ3v) is 3.90. The number of furan rings is 1. The molecule has 0 aliphatic heterocycles. The van der Waals surface area contributed by atoms with Gasteiger partial charge in [0.2, 0.25) is 0 Å². The number of nitrogens with one attached hydrogen (secondary N) is 1. The van der Waals surface area contributed by atoms with Gasteiger partial charge in [0.25, 0.3) is 0 Å². The first-order valence-corrected chi connectivity index (χ1v) is 7.45. The lowest BCUT2D eigenvalue weighted by molar-refractivity contribution is 0.437. The van der Waals surface area contributed by atoms with Crippen LogP contribution in [-0.2, 0) is 0 Å². The number of hydrogen-bond acceptors (Lipinski definition) is 2. The summed E-state index contributed by atoms with van der Waals surface area (Å²) in [5.74, 6) is 0.912. The van der Waals surface area contributed by atoms with Crippen molar-refractivity contribution in [2.75, 3.05) is 6.54 Å². The summed E-state index contributed by atoms with van der Waals surface area (Å²) in [7, 11) is 0. The van der Waals surface area contributed by atoms with Crippen LogP contribution >= 0.6 is 31.9 Å². The fourth-order valence-corrected chi connectivity index (χ4v) is 2.73. The Labute approximate surface area is 124 Å². The topological polar surface area (TPSA) is 25.2 Å². The van der Waals surface area contributed by atoms with E-state index in [9.17, 15) is 0 Å². The first-order chi connectivity index (χ1) is 8.61. The molecule has 0 spiro atoms. The highest BCUT2D eigenvalue weighted by Crippen LogP contribution is 2.31. The van der Waals surface area contributed by atoms with E-state index in [4.69, 9.17) is 4.42 Å². The Kier molecular flexibility index (Phi) is 4.65. The van der Waals surface area contributed by atoms with Crippen molar-refractivity contribution < 1.29 is 4.42 Å². The Bertz CT molecular complexity index is 536. The second-order valence-corrected chi connectivity index (χ2v) is 5.79. The lowest BCUT2D eigenvalue weighted by Gasteiger charge is -2.18. The molecular formula is C14H15Br2NO. The quantitative estimate of drug-likeness (QED) is 0.832. The van der Waals surface area contributed by atoms with Crippen LogP contribution in [0.3, 0.4) is 0 Å². The fourth-order valence-electron chi connectivity index (χ4n) is 1.94. The summed E-state index contributed by atoms with van der Waals surface area (Å²) < 4.78 is 7.52. The molecule has 0 radical (unpaired) electrons. The molecule has 2 nitrogen and oxygen atoms in total. The molecule has 1 atom stereocenters. The van der Waals surface area contributed by atoms with Crippen LogP contribution < -0.4 is 5.32 Å². The smallest absolute Gasteiger partial charge is 0.169 e. The predicted molar refractivity (Wildman–Crippen MR) is 80.8 cm³/mol. The molecule has 2 rings (SSSR count). The van der Waals surface area contributed by atoms with E-state index in [1.807, 2.05) is 12.1 Å². The summed E-state index contributed by atoms with van der Waals surface area (Å²) in [6.07, 6.45) is 0. The van der Waals surface area contributed by atoms with Crippen LogP contribution in [0.5, 0.6) is 0 Å². The fraction of sp³-hybridized carbons (Fsp3) is 0.286. The zero-order valence-electron chi connectivity index (χ0n) is 10.3. The Morgan fingerprint density at radius 1 is 1.22 bits per heavy atom. The molecule has 18 heavy (non-hydrogen) atoms. The summed E-state index contributed by atoms with van der Waals surface area (Å²) in [5.41, 5.74) is 2.43. The standard InChI is InChI=1S/C14H15Br2NO/c1-3-17-14(12-6-7-13(16)18-12)10-8-9(2)4-5-11(10)15/h4-8,14,17H,3H2,1-2H3. The van der Waals surface area contributed by atoms with Crippen molar-refractivity contribution in [1.82, 2.24) is 5.32 Å². The van der Waals surface area contributed by atoms with E-state index < -0.39 is 0 Å². The molecule has 0 saturated heterocycles. The summed E-state index contributed by atoms with van der Waals surface area (Å²) in [6.45, 7) is 5.06. The molecule has 0 aliphatic carbocycles. The van der Waals surface area contributed by atoms with E-state index in [1.54, 1.807) is 0 Å². The van der Waals surface area contributed by atoms with Crippen molar-refractivity contribution in [2.24, 2.45) is 0 Å². The largest absolute Gasteiger partial charge is 0.452 e. The van der Waals surface area contributed by atoms with Crippen LogP contribution in [0.4, 0.5) is 0 Å². The van der Waals surface area contributed by atoms with Crippen LogP contribution in [0.15, 0.2) is 43.9 Å². The van der Waals surface area contributed by atoms with Crippen molar-refractivity contribution in [3.05, 3.63) is 56.4 Å². The van der Waals surface area contributed by atoms with Gasteiger partial charge in [-0.25, -0.2) is 0 Å². The van der Waals surface area contributed by atoms with Gasteiger partial charge < -0.3 is 9.73 Å². The van der Waals surface area contributed by atoms with Gasteiger partial charge in [0.15, 0.2) is 4.67 Å². The van der Waals surface area contributed by atoms with Gasteiger partial charge in [-0.2, -0.15) is 0 Å². The Morgan fingerprint density at radius 3 is 2.61 bits per heavy atom. The van der Waals surface area contributed by atoms with Crippen molar-refractivity contribution in [3.8, 4) is 0 Å². The Morgan fingerprint density at radius 2 is 2.00 bits per heavy atom.